The number of thiazole rings is 1. The van der Waals surface area contributed by atoms with Crippen molar-refractivity contribution in [3.8, 4) is 0 Å². The second-order valence-corrected chi connectivity index (χ2v) is 6.66. The molecule has 2 heterocycles. The summed E-state index contributed by atoms with van der Waals surface area (Å²) in [6.07, 6.45) is 6.39. The monoisotopic (exact) mass is 315 g/mol. The van der Waals surface area contributed by atoms with Gasteiger partial charge >= 0.3 is 17.6 Å². The molecule has 22 heavy (non-hydrogen) atoms. The maximum Gasteiger partial charge on any atom is 0.369 e. The van der Waals surface area contributed by atoms with Crippen LogP contribution in [0.1, 0.15) is 26.7 Å². The van der Waals surface area contributed by atoms with E-state index < -0.39 is 6.48 Å². The number of amidine groups is 1. The van der Waals surface area contributed by atoms with Crippen molar-refractivity contribution in [1.82, 2.24) is 0 Å². The van der Waals surface area contributed by atoms with Crippen LogP contribution < -0.4 is 9.79 Å². The summed E-state index contributed by atoms with van der Waals surface area (Å²) in [5.74, 6) is 0. The van der Waals surface area contributed by atoms with Crippen LogP contribution in [-0.4, -0.2) is 12.5 Å². The van der Waals surface area contributed by atoms with Gasteiger partial charge < -0.3 is 9.13 Å². The number of aromatic nitrogens is 1. The summed E-state index contributed by atoms with van der Waals surface area (Å²) >= 11 is 1.66. The third-order valence-corrected chi connectivity index (χ3v) is 4.93. The molecule has 4 nitrogen and oxygen atoms in total. The molecule has 0 saturated carbocycles. The summed E-state index contributed by atoms with van der Waals surface area (Å²) in [6.45, 7) is 3.33. The van der Waals surface area contributed by atoms with Crippen molar-refractivity contribution in [1.29, 1.82) is 0 Å². The van der Waals surface area contributed by atoms with E-state index in [0.29, 0.717) is 6.02 Å². The quantitative estimate of drug-likeness (QED) is 0.836. The van der Waals surface area contributed by atoms with Crippen molar-refractivity contribution in [3.63, 3.8) is 0 Å². The molecule has 3 rings (SSSR count). The van der Waals surface area contributed by atoms with Crippen molar-refractivity contribution in [2.45, 2.75) is 39.3 Å². The van der Waals surface area contributed by atoms with Crippen LogP contribution >= 0.6 is 11.3 Å². The van der Waals surface area contributed by atoms with Crippen molar-refractivity contribution >= 4 is 34.7 Å². The minimum Gasteiger partial charge on any atom is -0.631 e. The fourth-order valence-corrected chi connectivity index (χ4v) is 4.07. The minimum absolute atomic E-state index is 0.621. The number of hydrogen-bond acceptors (Lipinski definition) is 4. The Morgan fingerprint density at radius 2 is 1.91 bits per heavy atom. The number of aliphatic imine (C=N–C) groups is 1. The lowest BCUT2D eigenvalue weighted by molar-refractivity contribution is -0.543. The van der Waals surface area contributed by atoms with E-state index in [1.165, 1.54) is 0 Å². The van der Waals surface area contributed by atoms with Crippen LogP contribution in [0.4, 0.5) is 10.8 Å². The van der Waals surface area contributed by atoms with Gasteiger partial charge in [-0.15, -0.1) is 0 Å². The molecule has 1 aliphatic heterocycles. The second kappa shape index (κ2) is 6.52. The summed E-state index contributed by atoms with van der Waals surface area (Å²) in [5.41, 5.74) is 1.00. The Bertz CT molecular complexity index is 650. The Morgan fingerprint density at radius 3 is 2.59 bits per heavy atom. The topological polar surface area (TPSA) is 37.5 Å². The molecule has 0 unspecified atom stereocenters. The van der Waals surface area contributed by atoms with E-state index >= 15 is 0 Å². The van der Waals surface area contributed by atoms with Gasteiger partial charge in [0.25, 0.3) is 0 Å². The van der Waals surface area contributed by atoms with Crippen LogP contribution in [0.3, 0.4) is 0 Å². The predicted octanol–water partition coefficient (Wildman–Crippen LogP) is 4.28. The third-order valence-electron chi connectivity index (χ3n) is 4.16. The van der Waals surface area contributed by atoms with E-state index in [1.54, 1.807) is 11.3 Å². The molecule has 0 fully saturated rings. The number of hydrogen-bond donors (Lipinski definition) is 1. The van der Waals surface area contributed by atoms with E-state index in [2.05, 4.69) is 40.2 Å². The fraction of sp³-hybridized carbons (Fsp3) is 0.375. The van der Waals surface area contributed by atoms with Crippen molar-refractivity contribution < 1.29 is 9.13 Å². The Balaban J connectivity index is 1.94. The molecule has 6 heteroatoms. The molecule has 0 atom stereocenters. The van der Waals surface area contributed by atoms with E-state index in [9.17, 15) is 0 Å². The SMILES string of the molecule is CCC[B-]1(CCC)OC(Nc2ccccc2)=Nc2scc[n+]21. The first-order valence-electron chi connectivity index (χ1n) is 8.04. The zero-order valence-electron chi connectivity index (χ0n) is 13.2. The van der Waals surface area contributed by atoms with E-state index in [0.717, 1.165) is 36.3 Å². The van der Waals surface area contributed by atoms with Gasteiger partial charge in [0, 0.05) is 16.1 Å². The van der Waals surface area contributed by atoms with E-state index in [4.69, 9.17) is 4.65 Å². The first-order chi connectivity index (χ1) is 10.8. The Kier molecular flexibility index (Phi) is 4.48. The molecule has 0 aliphatic carbocycles. The molecule has 1 N–H and O–H groups in total. The fourth-order valence-electron chi connectivity index (χ4n) is 3.25. The first-order valence-corrected chi connectivity index (χ1v) is 8.92. The summed E-state index contributed by atoms with van der Waals surface area (Å²) in [5, 5.41) is 6.43. The van der Waals surface area contributed by atoms with Crippen LogP contribution in [0.15, 0.2) is 46.9 Å². The van der Waals surface area contributed by atoms with Gasteiger partial charge in [0.05, 0.1) is 6.20 Å². The maximum absolute atomic E-state index is 6.41. The molecule has 0 bridgehead atoms. The molecule has 0 saturated heterocycles. The van der Waals surface area contributed by atoms with Crippen LogP contribution in [0, 0.1) is 0 Å². The third kappa shape index (κ3) is 2.88. The number of anilines is 1. The zero-order chi connectivity index (χ0) is 15.4. The van der Waals surface area contributed by atoms with Crippen molar-refractivity contribution in [2.24, 2.45) is 4.99 Å². The number of nitrogens with zero attached hydrogens (tertiary/aromatic N) is 2. The van der Waals surface area contributed by atoms with Crippen LogP contribution in [0.2, 0.25) is 12.6 Å². The zero-order valence-corrected chi connectivity index (χ0v) is 14.0. The largest absolute Gasteiger partial charge is 0.631 e. The number of para-hydroxylation sites is 1. The van der Waals surface area contributed by atoms with Gasteiger partial charge in [0.2, 0.25) is 0 Å². The molecule has 0 radical (unpaired) electrons. The highest BCUT2D eigenvalue weighted by Gasteiger charge is 2.42. The van der Waals surface area contributed by atoms with E-state index in [-0.39, 0.29) is 0 Å². The molecular weight excluding hydrogens is 293 g/mol. The highest BCUT2D eigenvalue weighted by molar-refractivity contribution is 7.13. The summed E-state index contributed by atoms with van der Waals surface area (Å²) in [4.78, 5) is 4.64. The maximum atomic E-state index is 6.41. The number of benzene rings is 1. The highest BCUT2D eigenvalue weighted by atomic mass is 32.1. The smallest absolute Gasteiger partial charge is 0.369 e. The normalized spacial score (nSPS) is 15.6. The molecular formula is C16H22BN3OS. The Hall–Kier alpha value is -1.82. The minimum atomic E-state index is -1.09. The van der Waals surface area contributed by atoms with Crippen LogP contribution in [-0.2, 0) is 4.65 Å². The Labute approximate surface area is 135 Å². The van der Waals surface area contributed by atoms with Gasteiger partial charge in [-0.1, -0.05) is 68.9 Å². The lowest BCUT2D eigenvalue weighted by Crippen LogP contribution is -2.68. The molecule has 1 aliphatic rings. The molecule has 2 aromatic rings. The average molecular weight is 315 g/mol. The molecule has 1 aromatic carbocycles. The van der Waals surface area contributed by atoms with Crippen molar-refractivity contribution in [3.05, 3.63) is 41.9 Å². The van der Waals surface area contributed by atoms with Crippen LogP contribution in [0.5, 0.6) is 0 Å². The summed E-state index contributed by atoms with van der Waals surface area (Å²) < 4.78 is 8.67. The lowest BCUT2D eigenvalue weighted by atomic mass is 9.45. The second-order valence-electron chi connectivity index (χ2n) is 5.79. The number of rotatable bonds is 5. The molecule has 116 valence electrons. The Morgan fingerprint density at radius 1 is 1.18 bits per heavy atom. The lowest BCUT2D eigenvalue weighted by Gasteiger charge is -2.39. The highest BCUT2D eigenvalue weighted by Crippen LogP contribution is 2.28. The predicted molar refractivity (Wildman–Crippen MR) is 94.1 cm³/mol. The van der Waals surface area contributed by atoms with Gasteiger partial charge in [-0.3, -0.25) is 5.32 Å². The number of nitrogens with one attached hydrogen (secondary N) is 1. The molecule has 0 spiro atoms. The number of fused-ring (bicyclic) bond motifs is 1. The molecule has 1 aromatic heterocycles. The van der Waals surface area contributed by atoms with Gasteiger partial charge in [-0.05, 0) is 12.1 Å². The van der Waals surface area contributed by atoms with Crippen LogP contribution in [0.25, 0.3) is 0 Å². The van der Waals surface area contributed by atoms with Gasteiger partial charge in [0.1, 0.15) is 0 Å². The first kappa shape index (κ1) is 15.1. The van der Waals surface area contributed by atoms with Gasteiger partial charge in [-0.25, -0.2) is 0 Å². The average Bonchev–Trinajstić information content (AvgIpc) is 2.98. The van der Waals surface area contributed by atoms with Crippen molar-refractivity contribution in [2.75, 3.05) is 5.32 Å². The standard InChI is InChI=1S/C16H22BN3OS/c1-3-10-17(11-4-2)20-12-13-22-16(20)19-15(21-17)18-14-8-6-5-7-9-14/h5-9,12-13H,3-4,10-11H2,1-2H3,(H,18,19). The summed E-state index contributed by atoms with van der Waals surface area (Å²) in [6, 6.07) is 10.7. The van der Waals surface area contributed by atoms with Gasteiger partial charge in [0.15, 0.2) is 0 Å². The summed E-state index contributed by atoms with van der Waals surface area (Å²) in [7, 11) is 0. The molecule has 0 amide bonds. The van der Waals surface area contributed by atoms with Gasteiger partial charge in [-0.2, -0.15) is 0 Å². The van der Waals surface area contributed by atoms with E-state index in [1.807, 2.05) is 30.3 Å².